The number of rotatable bonds is 2. The van der Waals surface area contributed by atoms with Crippen LogP contribution in [0.25, 0.3) is 0 Å². The summed E-state index contributed by atoms with van der Waals surface area (Å²) in [6.07, 6.45) is 5.08. The molecule has 1 aliphatic carbocycles. The predicted molar refractivity (Wildman–Crippen MR) is 54.0 cm³/mol. The lowest BCUT2D eigenvalue weighted by molar-refractivity contribution is -0.116. The van der Waals surface area contributed by atoms with E-state index in [1.165, 1.54) is 5.57 Å². The second kappa shape index (κ2) is 3.82. The molecule has 0 saturated heterocycles. The number of hydrogen-bond donors (Lipinski definition) is 0. The van der Waals surface area contributed by atoms with Gasteiger partial charge in [0.25, 0.3) is 0 Å². The molecule has 2 heteroatoms. The van der Waals surface area contributed by atoms with Crippen LogP contribution in [0, 0.1) is 0 Å². The van der Waals surface area contributed by atoms with Gasteiger partial charge in [-0.05, 0) is 31.9 Å². The zero-order chi connectivity index (χ0) is 9.97. The Hall–Kier alpha value is -1.31. The van der Waals surface area contributed by atoms with Gasteiger partial charge in [-0.2, -0.15) is 0 Å². The molecule has 0 atom stereocenters. The van der Waals surface area contributed by atoms with Crippen LogP contribution in [0.15, 0.2) is 34.0 Å². The van der Waals surface area contributed by atoms with E-state index < -0.39 is 0 Å². The van der Waals surface area contributed by atoms with Crippen molar-refractivity contribution < 1.29 is 9.21 Å². The van der Waals surface area contributed by atoms with E-state index in [1.807, 2.05) is 12.1 Å². The molecular weight excluding hydrogens is 176 g/mol. The van der Waals surface area contributed by atoms with Gasteiger partial charge in [-0.15, -0.1) is 0 Å². The van der Waals surface area contributed by atoms with E-state index in [2.05, 4.69) is 6.92 Å². The molecule has 0 amide bonds. The molecule has 14 heavy (non-hydrogen) atoms. The maximum Gasteiger partial charge on any atom is 0.159 e. The fourth-order valence-electron chi connectivity index (χ4n) is 1.89. The average Bonchev–Trinajstić information content (AvgIpc) is 2.64. The van der Waals surface area contributed by atoms with Crippen molar-refractivity contribution in [1.29, 1.82) is 0 Å². The lowest BCUT2D eigenvalue weighted by Gasteiger charge is -2.15. The van der Waals surface area contributed by atoms with Gasteiger partial charge < -0.3 is 4.42 Å². The molecule has 1 aliphatic rings. The first-order chi connectivity index (χ1) is 6.77. The molecule has 0 N–H and O–H groups in total. The van der Waals surface area contributed by atoms with Crippen LogP contribution in [0.1, 0.15) is 31.9 Å². The first kappa shape index (κ1) is 9.25. The Labute approximate surface area is 83.6 Å². The van der Waals surface area contributed by atoms with Gasteiger partial charge in [0.05, 0.1) is 6.26 Å². The van der Waals surface area contributed by atoms with Crippen LogP contribution in [0.3, 0.4) is 0 Å². The van der Waals surface area contributed by atoms with E-state index in [0.29, 0.717) is 18.6 Å². The number of carbonyl (C=O) groups is 1. The van der Waals surface area contributed by atoms with Gasteiger partial charge in [0.15, 0.2) is 5.78 Å². The Balaban J connectivity index is 2.20. The van der Waals surface area contributed by atoms with Crippen LogP contribution in [-0.4, -0.2) is 5.78 Å². The molecular formula is C12H14O2. The third-order valence-electron chi connectivity index (χ3n) is 2.74. The highest BCUT2D eigenvalue weighted by Crippen LogP contribution is 2.24. The van der Waals surface area contributed by atoms with E-state index >= 15 is 0 Å². The minimum atomic E-state index is 0.296. The molecule has 2 rings (SSSR count). The Kier molecular flexibility index (Phi) is 2.53. The zero-order valence-corrected chi connectivity index (χ0v) is 8.38. The maximum atomic E-state index is 11.6. The minimum Gasteiger partial charge on any atom is -0.469 e. The quantitative estimate of drug-likeness (QED) is 0.717. The standard InChI is InChI=1S/C12H14O2/c1-9-4-2-6-12(13)11(9)8-10-5-3-7-14-10/h3,5,7H,2,4,6,8H2,1H3. The van der Waals surface area contributed by atoms with Gasteiger partial charge in [0, 0.05) is 18.4 Å². The van der Waals surface area contributed by atoms with Crippen LogP contribution in [0.2, 0.25) is 0 Å². The van der Waals surface area contributed by atoms with Crippen LogP contribution in [0.5, 0.6) is 0 Å². The van der Waals surface area contributed by atoms with E-state index in [9.17, 15) is 4.79 Å². The van der Waals surface area contributed by atoms with Gasteiger partial charge in [0.2, 0.25) is 0 Å². The molecule has 1 aromatic rings. The number of allylic oxidation sites excluding steroid dienone is 2. The molecule has 0 aromatic carbocycles. The maximum absolute atomic E-state index is 11.6. The molecule has 1 heterocycles. The van der Waals surface area contributed by atoms with Crippen molar-refractivity contribution in [3.05, 3.63) is 35.3 Å². The number of Topliss-reactive ketones (excluding diaryl/α,β-unsaturated/α-hetero) is 1. The number of ketones is 1. The second-order valence-electron chi connectivity index (χ2n) is 3.79. The summed E-state index contributed by atoms with van der Waals surface area (Å²) in [5.41, 5.74) is 2.20. The first-order valence-electron chi connectivity index (χ1n) is 5.01. The third kappa shape index (κ3) is 1.79. The zero-order valence-electron chi connectivity index (χ0n) is 8.38. The predicted octanol–water partition coefficient (Wildman–Crippen LogP) is 2.89. The molecule has 0 spiro atoms. The molecule has 74 valence electrons. The van der Waals surface area contributed by atoms with Gasteiger partial charge >= 0.3 is 0 Å². The van der Waals surface area contributed by atoms with E-state index in [0.717, 1.165) is 24.2 Å². The highest BCUT2D eigenvalue weighted by atomic mass is 16.3. The van der Waals surface area contributed by atoms with Crippen molar-refractivity contribution in [1.82, 2.24) is 0 Å². The van der Waals surface area contributed by atoms with Crippen molar-refractivity contribution in [2.24, 2.45) is 0 Å². The summed E-state index contributed by atoms with van der Waals surface area (Å²) < 4.78 is 5.25. The van der Waals surface area contributed by atoms with Gasteiger partial charge in [-0.3, -0.25) is 4.79 Å². The summed E-state index contributed by atoms with van der Waals surface area (Å²) in [5.74, 6) is 1.18. The fraction of sp³-hybridized carbons (Fsp3) is 0.417. The highest BCUT2D eigenvalue weighted by Gasteiger charge is 2.18. The number of furan rings is 1. The molecule has 0 unspecified atom stereocenters. The van der Waals surface area contributed by atoms with Crippen molar-refractivity contribution in [2.75, 3.05) is 0 Å². The number of hydrogen-bond acceptors (Lipinski definition) is 2. The summed E-state index contributed by atoms with van der Waals surface area (Å²) >= 11 is 0. The molecule has 0 fully saturated rings. The van der Waals surface area contributed by atoms with Crippen LogP contribution >= 0.6 is 0 Å². The minimum absolute atomic E-state index is 0.296. The summed E-state index contributed by atoms with van der Waals surface area (Å²) in [7, 11) is 0. The van der Waals surface area contributed by atoms with E-state index in [-0.39, 0.29) is 0 Å². The first-order valence-corrected chi connectivity index (χ1v) is 5.01. The fourth-order valence-corrected chi connectivity index (χ4v) is 1.89. The largest absolute Gasteiger partial charge is 0.469 e. The van der Waals surface area contributed by atoms with Crippen molar-refractivity contribution in [3.63, 3.8) is 0 Å². The molecule has 1 aromatic heterocycles. The Morgan fingerprint density at radius 3 is 2.93 bits per heavy atom. The molecule has 0 aliphatic heterocycles. The molecule has 0 radical (unpaired) electrons. The van der Waals surface area contributed by atoms with Crippen molar-refractivity contribution in [2.45, 2.75) is 32.6 Å². The van der Waals surface area contributed by atoms with Crippen molar-refractivity contribution >= 4 is 5.78 Å². The van der Waals surface area contributed by atoms with Crippen LogP contribution in [0.4, 0.5) is 0 Å². The van der Waals surface area contributed by atoms with E-state index in [1.54, 1.807) is 6.26 Å². The second-order valence-corrected chi connectivity index (χ2v) is 3.79. The molecule has 0 saturated carbocycles. The lowest BCUT2D eigenvalue weighted by atomic mass is 9.89. The monoisotopic (exact) mass is 190 g/mol. The average molecular weight is 190 g/mol. The topological polar surface area (TPSA) is 30.2 Å². The van der Waals surface area contributed by atoms with Gasteiger partial charge in [0.1, 0.15) is 5.76 Å². The summed E-state index contributed by atoms with van der Waals surface area (Å²) in [6.45, 7) is 2.05. The molecule has 0 bridgehead atoms. The van der Waals surface area contributed by atoms with Crippen molar-refractivity contribution in [3.8, 4) is 0 Å². The molecule has 2 nitrogen and oxygen atoms in total. The highest BCUT2D eigenvalue weighted by molar-refractivity contribution is 5.97. The third-order valence-corrected chi connectivity index (χ3v) is 2.74. The van der Waals surface area contributed by atoms with Gasteiger partial charge in [-0.25, -0.2) is 0 Å². The summed E-state index contributed by atoms with van der Waals surface area (Å²) in [5, 5.41) is 0. The summed E-state index contributed by atoms with van der Waals surface area (Å²) in [6, 6.07) is 3.78. The summed E-state index contributed by atoms with van der Waals surface area (Å²) in [4.78, 5) is 11.6. The van der Waals surface area contributed by atoms with Crippen LogP contribution in [-0.2, 0) is 11.2 Å². The normalized spacial score (nSPS) is 17.6. The van der Waals surface area contributed by atoms with Gasteiger partial charge in [-0.1, -0.05) is 5.57 Å². The Bertz CT molecular complexity index is 358. The Morgan fingerprint density at radius 2 is 2.29 bits per heavy atom. The lowest BCUT2D eigenvalue weighted by Crippen LogP contribution is -2.12. The smallest absolute Gasteiger partial charge is 0.159 e. The number of carbonyl (C=O) groups excluding carboxylic acids is 1. The Morgan fingerprint density at radius 1 is 1.43 bits per heavy atom. The van der Waals surface area contributed by atoms with E-state index in [4.69, 9.17) is 4.42 Å². The SMILES string of the molecule is CC1=C(Cc2ccco2)C(=O)CCC1. The van der Waals surface area contributed by atoms with Crippen LogP contribution < -0.4 is 0 Å².